The maximum Gasteiger partial charge on any atom is 0.223 e. The van der Waals surface area contributed by atoms with E-state index in [1.165, 1.54) is 11.6 Å². The summed E-state index contributed by atoms with van der Waals surface area (Å²) < 4.78 is 0. The van der Waals surface area contributed by atoms with Crippen LogP contribution in [0.4, 0.5) is 0 Å². The third-order valence-corrected chi connectivity index (χ3v) is 4.98. The molecule has 106 valence electrons. The van der Waals surface area contributed by atoms with Crippen LogP contribution in [0.2, 0.25) is 10.0 Å². The van der Waals surface area contributed by atoms with Crippen molar-refractivity contribution in [1.29, 1.82) is 0 Å². The number of amides is 1. The van der Waals surface area contributed by atoms with Crippen LogP contribution in [0.3, 0.4) is 0 Å². The van der Waals surface area contributed by atoms with Crippen LogP contribution in [0.25, 0.3) is 0 Å². The van der Waals surface area contributed by atoms with Crippen molar-refractivity contribution in [2.75, 3.05) is 6.54 Å². The number of rotatable bonds is 2. The topological polar surface area (TPSA) is 40.5 Å². The van der Waals surface area contributed by atoms with Crippen LogP contribution >= 0.6 is 23.2 Å². The van der Waals surface area contributed by atoms with Crippen molar-refractivity contribution in [3.05, 3.63) is 39.9 Å². The molecule has 1 aliphatic heterocycles. The van der Waals surface area contributed by atoms with Gasteiger partial charge < -0.3 is 10.0 Å². The molecule has 1 unspecified atom stereocenters. The van der Waals surface area contributed by atoms with E-state index in [0.717, 1.165) is 12.8 Å². The van der Waals surface area contributed by atoms with E-state index in [1.54, 1.807) is 6.07 Å². The van der Waals surface area contributed by atoms with E-state index >= 15 is 0 Å². The Kier molecular flexibility index (Phi) is 3.43. The van der Waals surface area contributed by atoms with Gasteiger partial charge >= 0.3 is 0 Å². The largest absolute Gasteiger partial charge is 0.508 e. The summed E-state index contributed by atoms with van der Waals surface area (Å²) in [6, 6.07) is 3.36. The van der Waals surface area contributed by atoms with Gasteiger partial charge in [-0.3, -0.25) is 4.79 Å². The molecule has 1 amide bonds. The van der Waals surface area contributed by atoms with Crippen LogP contribution < -0.4 is 0 Å². The number of aromatic hydroxyl groups is 1. The monoisotopic (exact) mass is 311 g/mol. The molecule has 1 N–H and O–H groups in total. The third kappa shape index (κ3) is 2.19. The SMILES string of the molecule is C=C1CC(N2CC(c3c(O)ccc(Cl)c3Cl)CC2=O)C1. The highest BCUT2D eigenvalue weighted by molar-refractivity contribution is 6.42. The lowest BCUT2D eigenvalue weighted by atomic mass is 9.86. The second-order valence-electron chi connectivity index (χ2n) is 5.55. The minimum absolute atomic E-state index is 0.0948. The number of hydrogen-bond acceptors (Lipinski definition) is 2. The van der Waals surface area contributed by atoms with E-state index in [0.29, 0.717) is 28.6 Å². The fourth-order valence-electron chi connectivity index (χ4n) is 3.05. The van der Waals surface area contributed by atoms with Crippen molar-refractivity contribution in [1.82, 2.24) is 4.90 Å². The van der Waals surface area contributed by atoms with Crippen LogP contribution in [0.1, 0.15) is 30.7 Å². The fourth-order valence-corrected chi connectivity index (χ4v) is 3.53. The normalized spacial score (nSPS) is 23.3. The number of benzene rings is 1. The molecule has 1 saturated carbocycles. The summed E-state index contributed by atoms with van der Waals surface area (Å²) in [5.41, 5.74) is 1.78. The molecule has 0 aromatic heterocycles. The molecule has 3 nitrogen and oxygen atoms in total. The molecule has 1 aromatic rings. The number of halogens is 2. The molecular weight excluding hydrogens is 297 g/mol. The smallest absolute Gasteiger partial charge is 0.223 e. The van der Waals surface area contributed by atoms with Crippen LogP contribution in [0, 0.1) is 0 Å². The summed E-state index contributed by atoms with van der Waals surface area (Å²) in [7, 11) is 0. The highest BCUT2D eigenvalue weighted by atomic mass is 35.5. The van der Waals surface area contributed by atoms with E-state index in [2.05, 4.69) is 6.58 Å². The Labute approximate surface area is 127 Å². The first kappa shape index (κ1) is 13.8. The molecular formula is C15H15Cl2NO2. The summed E-state index contributed by atoms with van der Waals surface area (Å²) in [6.07, 6.45) is 2.14. The van der Waals surface area contributed by atoms with E-state index in [9.17, 15) is 9.90 Å². The summed E-state index contributed by atoms with van der Waals surface area (Å²) in [4.78, 5) is 14.0. The Balaban J connectivity index is 1.85. The number of hydrogen-bond donors (Lipinski definition) is 1. The zero-order chi connectivity index (χ0) is 14.4. The van der Waals surface area contributed by atoms with Crippen LogP contribution in [-0.4, -0.2) is 28.5 Å². The van der Waals surface area contributed by atoms with E-state index in [4.69, 9.17) is 23.2 Å². The summed E-state index contributed by atoms with van der Waals surface area (Å²) >= 11 is 12.2. The Bertz CT molecular complexity index is 592. The van der Waals surface area contributed by atoms with Gasteiger partial charge in [0.15, 0.2) is 0 Å². The van der Waals surface area contributed by atoms with Gasteiger partial charge in [-0.05, 0) is 25.0 Å². The zero-order valence-electron chi connectivity index (χ0n) is 10.9. The Morgan fingerprint density at radius 2 is 1.95 bits per heavy atom. The zero-order valence-corrected chi connectivity index (χ0v) is 12.4. The highest BCUT2D eigenvalue weighted by Gasteiger charge is 2.40. The molecule has 1 aliphatic carbocycles. The van der Waals surface area contributed by atoms with Crippen molar-refractivity contribution < 1.29 is 9.90 Å². The van der Waals surface area contributed by atoms with E-state index in [-0.39, 0.29) is 23.6 Å². The molecule has 2 fully saturated rings. The third-order valence-electron chi connectivity index (χ3n) is 4.17. The average Bonchev–Trinajstić information content (AvgIpc) is 2.72. The van der Waals surface area contributed by atoms with Gasteiger partial charge in [-0.25, -0.2) is 0 Å². The molecule has 1 aromatic carbocycles. The number of carbonyl (C=O) groups is 1. The van der Waals surface area contributed by atoms with Crippen LogP contribution in [-0.2, 0) is 4.79 Å². The van der Waals surface area contributed by atoms with Crippen molar-refractivity contribution in [2.45, 2.75) is 31.2 Å². The number of nitrogens with zero attached hydrogens (tertiary/aromatic N) is 1. The minimum atomic E-state index is -0.0948. The first-order chi connectivity index (χ1) is 9.47. The molecule has 0 spiro atoms. The standard InChI is InChI=1S/C15H15Cl2NO2/c1-8-4-10(5-8)18-7-9(6-13(18)20)14-12(19)3-2-11(16)15(14)17/h2-3,9-10,19H,1,4-7H2. The Hall–Kier alpha value is -1.19. The van der Waals surface area contributed by atoms with Gasteiger partial charge in [0, 0.05) is 30.5 Å². The van der Waals surface area contributed by atoms with Gasteiger partial charge in [-0.1, -0.05) is 35.4 Å². The van der Waals surface area contributed by atoms with Crippen molar-refractivity contribution >= 4 is 29.1 Å². The number of carbonyl (C=O) groups excluding carboxylic acids is 1. The molecule has 2 aliphatic rings. The molecule has 1 heterocycles. The van der Waals surface area contributed by atoms with E-state index < -0.39 is 0 Å². The van der Waals surface area contributed by atoms with Gasteiger partial charge in [-0.15, -0.1) is 0 Å². The van der Waals surface area contributed by atoms with Crippen LogP contribution in [0.15, 0.2) is 24.3 Å². The maximum atomic E-state index is 12.1. The number of phenolic OH excluding ortho intramolecular Hbond substituents is 1. The summed E-state index contributed by atoms with van der Waals surface area (Å²) in [5.74, 6) is 0.127. The van der Waals surface area contributed by atoms with Crippen molar-refractivity contribution in [2.24, 2.45) is 0 Å². The predicted octanol–water partition coefficient (Wildman–Crippen LogP) is 3.73. The molecule has 1 atom stereocenters. The molecule has 5 heteroatoms. The second kappa shape index (κ2) is 4.97. The molecule has 1 saturated heterocycles. The van der Waals surface area contributed by atoms with E-state index in [1.807, 2.05) is 4.90 Å². The number of likely N-dealkylation sites (tertiary alicyclic amines) is 1. The summed E-state index contributed by atoms with van der Waals surface area (Å²) in [5, 5.41) is 10.8. The average molecular weight is 312 g/mol. The molecule has 3 rings (SSSR count). The molecule has 0 radical (unpaired) electrons. The number of phenols is 1. The van der Waals surface area contributed by atoms with Gasteiger partial charge in [0.05, 0.1) is 10.0 Å². The van der Waals surface area contributed by atoms with Gasteiger partial charge in [-0.2, -0.15) is 0 Å². The Morgan fingerprint density at radius 3 is 2.60 bits per heavy atom. The van der Waals surface area contributed by atoms with Crippen LogP contribution in [0.5, 0.6) is 5.75 Å². The van der Waals surface area contributed by atoms with Gasteiger partial charge in [0.25, 0.3) is 0 Å². The van der Waals surface area contributed by atoms with Gasteiger partial charge in [0.2, 0.25) is 5.91 Å². The lowest BCUT2D eigenvalue weighted by Crippen LogP contribution is -2.41. The lowest BCUT2D eigenvalue weighted by molar-refractivity contribution is -0.130. The molecule has 20 heavy (non-hydrogen) atoms. The minimum Gasteiger partial charge on any atom is -0.508 e. The maximum absolute atomic E-state index is 12.1. The highest BCUT2D eigenvalue weighted by Crippen LogP contribution is 2.43. The lowest BCUT2D eigenvalue weighted by Gasteiger charge is -2.36. The first-order valence-corrected chi connectivity index (χ1v) is 7.36. The Morgan fingerprint density at radius 1 is 1.25 bits per heavy atom. The fraction of sp³-hybridized carbons (Fsp3) is 0.400. The van der Waals surface area contributed by atoms with Crippen molar-refractivity contribution in [3.63, 3.8) is 0 Å². The first-order valence-electron chi connectivity index (χ1n) is 6.60. The second-order valence-corrected chi connectivity index (χ2v) is 6.34. The van der Waals surface area contributed by atoms with Crippen molar-refractivity contribution in [3.8, 4) is 5.75 Å². The van der Waals surface area contributed by atoms with Gasteiger partial charge in [0.1, 0.15) is 5.75 Å². The quantitative estimate of drug-likeness (QED) is 0.845. The summed E-state index contributed by atoms with van der Waals surface area (Å²) in [6.45, 7) is 4.50. The predicted molar refractivity (Wildman–Crippen MR) is 79.4 cm³/mol. The molecule has 0 bridgehead atoms.